The minimum absolute atomic E-state index is 0.115. The fourth-order valence-corrected chi connectivity index (χ4v) is 3.06. The second-order valence-electron chi connectivity index (χ2n) is 4.91. The predicted octanol–water partition coefficient (Wildman–Crippen LogP) is 2.79. The average molecular weight is 304 g/mol. The van der Waals surface area contributed by atoms with Gasteiger partial charge in [0.25, 0.3) is 5.91 Å². The van der Waals surface area contributed by atoms with E-state index in [2.05, 4.69) is 16.3 Å². The first-order valence-corrected chi connectivity index (χ1v) is 7.62. The van der Waals surface area contributed by atoms with Gasteiger partial charge in [-0.15, -0.1) is 11.3 Å². The summed E-state index contributed by atoms with van der Waals surface area (Å²) in [5, 5.41) is 5.04. The summed E-state index contributed by atoms with van der Waals surface area (Å²) < 4.78 is 5.22. The molecule has 2 rings (SSSR count). The summed E-state index contributed by atoms with van der Waals surface area (Å²) in [5.74, 6) is 0.475. The largest absolute Gasteiger partial charge is 0.496 e. The summed E-state index contributed by atoms with van der Waals surface area (Å²) in [4.78, 5) is 15.7. The SMILES string of the molecule is COc1ccccc1C(=O)NC[C@H](c1cccs1)N(C)C. The normalized spacial score (nSPS) is 12.2. The predicted molar refractivity (Wildman–Crippen MR) is 86.1 cm³/mol. The van der Waals surface area contributed by atoms with Crippen molar-refractivity contribution in [1.29, 1.82) is 0 Å². The van der Waals surface area contributed by atoms with Crippen LogP contribution < -0.4 is 10.1 Å². The number of likely N-dealkylation sites (N-methyl/N-ethyl adjacent to an activating group) is 1. The Morgan fingerprint density at radius 2 is 2.05 bits per heavy atom. The molecule has 0 radical (unpaired) electrons. The number of para-hydroxylation sites is 1. The quantitative estimate of drug-likeness (QED) is 0.892. The fraction of sp³-hybridized carbons (Fsp3) is 0.312. The minimum atomic E-state index is -0.115. The molecular formula is C16H20N2O2S. The molecule has 0 fully saturated rings. The summed E-state index contributed by atoms with van der Waals surface area (Å²) in [6, 6.07) is 11.5. The van der Waals surface area contributed by atoms with Crippen molar-refractivity contribution in [2.75, 3.05) is 27.7 Å². The number of hydrogen-bond acceptors (Lipinski definition) is 4. The maximum Gasteiger partial charge on any atom is 0.255 e. The molecule has 4 nitrogen and oxygen atoms in total. The lowest BCUT2D eigenvalue weighted by molar-refractivity contribution is 0.0939. The van der Waals surface area contributed by atoms with Crippen LogP contribution in [0.3, 0.4) is 0 Å². The van der Waals surface area contributed by atoms with Crippen molar-refractivity contribution in [1.82, 2.24) is 10.2 Å². The summed E-state index contributed by atoms with van der Waals surface area (Å²) in [5.41, 5.74) is 0.559. The Hall–Kier alpha value is -1.85. The van der Waals surface area contributed by atoms with E-state index >= 15 is 0 Å². The summed E-state index contributed by atoms with van der Waals surface area (Å²) >= 11 is 1.70. The molecule has 2 aromatic rings. The zero-order valence-corrected chi connectivity index (χ0v) is 13.3. The van der Waals surface area contributed by atoms with Crippen LogP contribution in [0.4, 0.5) is 0 Å². The van der Waals surface area contributed by atoms with Gasteiger partial charge in [-0.3, -0.25) is 4.79 Å². The first-order chi connectivity index (χ1) is 10.1. The molecule has 112 valence electrons. The van der Waals surface area contributed by atoms with Gasteiger partial charge in [0.15, 0.2) is 0 Å². The highest BCUT2D eigenvalue weighted by Gasteiger charge is 2.18. The zero-order chi connectivity index (χ0) is 15.2. The molecule has 0 spiro atoms. The number of methoxy groups -OCH3 is 1. The number of ether oxygens (including phenoxy) is 1. The Labute approximate surface area is 129 Å². The molecule has 1 amide bonds. The van der Waals surface area contributed by atoms with E-state index in [1.54, 1.807) is 30.6 Å². The Bertz CT molecular complexity index is 582. The molecule has 21 heavy (non-hydrogen) atoms. The van der Waals surface area contributed by atoms with Gasteiger partial charge in [0.1, 0.15) is 5.75 Å². The summed E-state index contributed by atoms with van der Waals surface area (Å²) in [6.45, 7) is 0.560. The average Bonchev–Trinajstić information content (AvgIpc) is 3.01. The van der Waals surface area contributed by atoms with Crippen LogP contribution in [0.5, 0.6) is 5.75 Å². The molecule has 0 aliphatic carbocycles. The lowest BCUT2D eigenvalue weighted by Gasteiger charge is -2.23. The number of nitrogens with one attached hydrogen (secondary N) is 1. The number of thiophene rings is 1. The smallest absolute Gasteiger partial charge is 0.255 e. The van der Waals surface area contributed by atoms with E-state index in [1.165, 1.54) is 4.88 Å². The van der Waals surface area contributed by atoms with Crippen LogP contribution in [-0.4, -0.2) is 38.6 Å². The van der Waals surface area contributed by atoms with E-state index in [1.807, 2.05) is 37.7 Å². The van der Waals surface area contributed by atoms with E-state index in [0.29, 0.717) is 17.9 Å². The highest BCUT2D eigenvalue weighted by atomic mass is 32.1. The fourth-order valence-electron chi connectivity index (χ4n) is 2.14. The van der Waals surface area contributed by atoms with Crippen LogP contribution in [0.15, 0.2) is 41.8 Å². The van der Waals surface area contributed by atoms with Gasteiger partial charge in [-0.1, -0.05) is 18.2 Å². The molecule has 1 heterocycles. The summed E-state index contributed by atoms with van der Waals surface area (Å²) in [6.07, 6.45) is 0. The van der Waals surface area contributed by atoms with Crippen LogP contribution in [0.25, 0.3) is 0 Å². The lowest BCUT2D eigenvalue weighted by atomic mass is 10.1. The summed E-state index contributed by atoms with van der Waals surface area (Å²) in [7, 11) is 5.60. The molecule has 0 saturated heterocycles. The van der Waals surface area contributed by atoms with E-state index in [-0.39, 0.29) is 11.9 Å². The van der Waals surface area contributed by atoms with Crippen LogP contribution in [0.2, 0.25) is 0 Å². The van der Waals surface area contributed by atoms with E-state index < -0.39 is 0 Å². The molecule has 5 heteroatoms. The van der Waals surface area contributed by atoms with Crippen molar-refractivity contribution >= 4 is 17.2 Å². The van der Waals surface area contributed by atoms with Crippen molar-refractivity contribution in [2.45, 2.75) is 6.04 Å². The van der Waals surface area contributed by atoms with Crippen LogP contribution in [0.1, 0.15) is 21.3 Å². The third-order valence-electron chi connectivity index (χ3n) is 3.30. The third kappa shape index (κ3) is 3.83. The Morgan fingerprint density at radius 1 is 1.29 bits per heavy atom. The van der Waals surface area contributed by atoms with Crippen molar-refractivity contribution in [2.24, 2.45) is 0 Å². The Kier molecular flexibility index (Phi) is 5.36. The van der Waals surface area contributed by atoms with Gasteiger partial charge in [-0.25, -0.2) is 0 Å². The number of rotatable bonds is 6. The Balaban J connectivity index is 2.06. The van der Waals surface area contributed by atoms with Crippen molar-refractivity contribution in [3.63, 3.8) is 0 Å². The Morgan fingerprint density at radius 3 is 2.67 bits per heavy atom. The first-order valence-electron chi connectivity index (χ1n) is 6.74. The van der Waals surface area contributed by atoms with Gasteiger partial charge in [0.2, 0.25) is 0 Å². The molecule has 1 N–H and O–H groups in total. The molecule has 1 aromatic heterocycles. The van der Waals surface area contributed by atoms with Gasteiger partial charge < -0.3 is 15.0 Å². The molecule has 0 unspecified atom stereocenters. The molecule has 0 bridgehead atoms. The van der Waals surface area contributed by atoms with Gasteiger partial charge in [-0.2, -0.15) is 0 Å². The molecular weight excluding hydrogens is 284 g/mol. The van der Waals surface area contributed by atoms with E-state index in [0.717, 1.165) is 0 Å². The number of amides is 1. The zero-order valence-electron chi connectivity index (χ0n) is 12.5. The van der Waals surface area contributed by atoms with Crippen LogP contribution in [-0.2, 0) is 0 Å². The van der Waals surface area contributed by atoms with Gasteiger partial charge in [0, 0.05) is 11.4 Å². The maximum atomic E-state index is 12.3. The number of carbonyl (C=O) groups is 1. The van der Waals surface area contributed by atoms with Crippen molar-refractivity contribution in [3.05, 3.63) is 52.2 Å². The highest BCUT2D eigenvalue weighted by Crippen LogP contribution is 2.23. The molecule has 0 saturated carbocycles. The lowest BCUT2D eigenvalue weighted by Crippen LogP contribution is -2.34. The monoisotopic (exact) mass is 304 g/mol. The highest BCUT2D eigenvalue weighted by molar-refractivity contribution is 7.10. The first kappa shape index (κ1) is 15.5. The number of carbonyl (C=O) groups excluding carboxylic acids is 1. The second kappa shape index (κ2) is 7.24. The topological polar surface area (TPSA) is 41.6 Å². The van der Waals surface area contributed by atoms with Gasteiger partial charge in [-0.05, 0) is 37.7 Å². The van der Waals surface area contributed by atoms with Crippen LogP contribution in [0, 0.1) is 0 Å². The van der Waals surface area contributed by atoms with Gasteiger partial charge in [0.05, 0.1) is 18.7 Å². The van der Waals surface area contributed by atoms with Crippen molar-refractivity contribution in [3.8, 4) is 5.75 Å². The molecule has 0 aliphatic heterocycles. The standard InChI is InChI=1S/C16H20N2O2S/c1-18(2)13(15-9-6-10-21-15)11-17-16(19)12-7-4-5-8-14(12)20-3/h4-10,13H,11H2,1-3H3,(H,17,19)/t13-/m1/s1. The number of benzene rings is 1. The van der Waals surface area contributed by atoms with Crippen LogP contribution >= 0.6 is 11.3 Å². The van der Waals surface area contributed by atoms with Gasteiger partial charge >= 0.3 is 0 Å². The molecule has 0 aliphatic rings. The third-order valence-corrected chi connectivity index (χ3v) is 4.28. The second-order valence-corrected chi connectivity index (χ2v) is 5.88. The molecule has 1 aromatic carbocycles. The molecule has 1 atom stereocenters. The number of nitrogens with zero attached hydrogens (tertiary/aromatic N) is 1. The van der Waals surface area contributed by atoms with E-state index in [9.17, 15) is 4.79 Å². The maximum absolute atomic E-state index is 12.3. The number of hydrogen-bond donors (Lipinski definition) is 1. The minimum Gasteiger partial charge on any atom is -0.496 e. The van der Waals surface area contributed by atoms with Crippen molar-refractivity contribution < 1.29 is 9.53 Å². The van der Waals surface area contributed by atoms with E-state index in [4.69, 9.17) is 4.74 Å².